The smallest absolute Gasteiger partial charge is 0.0773 e. The van der Waals surface area contributed by atoms with Gasteiger partial charge in [0, 0.05) is 49.2 Å². The highest BCUT2D eigenvalue weighted by atomic mass is 15.4. The number of H-pyrrole nitrogens is 1. The Balaban J connectivity index is 1.38. The predicted molar refractivity (Wildman–Crippen MR) is 67.1 cm³/mol. The Hall–Kier alpha value is -1.62. The maximum absolute atomic E-state index is 4.30. The molecule has 2 aromatic heterocycles. The van der Waals surface area contributed by atoms with Crippen LogP contribution in [0.3, 0.4) is 0 Å². The standard InChI is InChI=1S/C13H17N5/c1-4-15-18(5-1)12-8-17(9-12)7-11-6-14-16-13(11)10-2-3-10/h1,4-6,10,12H,2-3,7-9H2,(H,14,16). The number of hydrogen-bond donors (Lipinski definition) is 1. The zero-order chi connectivity index (χ0) is 11.9. The lowest BCUT2D eigenvalue weighted by Crippen LogP contribution is -2.47. The minimum Gasteiger partial charge on any atom is -0.295 e. The van der Waals surface area contributed by atoms with Crippen molar-refractivity contribution < 1.29 is 0 Å². The van der Waals surface area contributed by atoms with Crippen LogP contribution in [0.25, 0.3) is 0 Å². The molecule has 1 aliphatic carbocycles. The van der Waals surface area contributed by atoms with E-state index in [1.807, 2.05) is 18.5 Å². The third kappa shape index (κ3) is 1.75. The van der Waals surface area contributed by atoms with E-state index in [1.165, 1.54) is 24.1 Å². The molecule has 3 heterocycles. The zero-order valence-electron chi connectivity index (χ0n) is 10.3. The number of nitrogens with one attached hydrogen (secondary N) is 1. The summed E-state index contributed by atoms with van der Waals surface area (Å²) in [6.45, 7) is 3.22. The molecular formula is C13H17N5. The SMILES string of the molecule is c1cnn(C2CN(Cc3cn[nH]c3C3CC3)C2)c1. The molecule has 2 fully saturated rings. The van der Waals surface area contributed by atoms with Gasteiger partial charge in [-0.05, 0) is 18.9 Å². The van der Waals surface area contributed by atoms with Crippen LogP contribution in [0.15, 0.2) is 24.7 Å². The summed E-state index contributed by atoms with van der Waals surface area (Å²) in [6, 6.07) is 2.54. The summed E-state index contributed by atoms with van der Waals surface area (Å²) in [7, 11) is 0. The van der Waals surface area contributed by atoms with E-state index in [2.05, 4.69) is 31.1 Å². The minimum atomic E-state index is 0.552. The van der Waals surface area contributed by atoms with E-state index in [0.29, 0.717) is 6.04 Å². The van der Waals surface area contributed by atoms with Crippen molar-refractivity contribution in [2.24, 2.45) is 0 Å². The second-order valence-corrected chi connectivity index (χ2v) is 5.42. The lowest BCUT2D eigenvalue weighted by atomic mass is 10.1. The summed E-state index contributed by atoms with van der Waals surface area (Å²) in [5.74, 6) is 0.755. The number of likely N-dealkylation sites (tertiary alicyclic amines) is 1. The Morgan fingerprint density at radius 2 is 2.22 bits per heavy atom. The second kappa shape index (κ2) is 3.95. The summed E-state index contributed by atoms with van der Waals surface area (Å²) < 4.78 is 2.06. The fourth-order valence-corrected chi connectivity index (χ4v) is 2.75. The molecule has 2 aliphatic rings. The molecule has 94 valence electrons. The lowest BCUT2D eigenvalue weighted by molar-refractivity contribution is 0.0906. The van der Waals surface area contributed by atoms with Gasteiger partial charge < -0.3 is 0 Å². The summed E-state index contributed by atoms with van der Waals surface area (Å²) in [4.78, 5) is 2.46. The molecule has 0 unspecified atom stereocenters. The monoisotopic (exact) mass is 243 g/mol. The summed E-state index contributed by atoms with van der Waals surface area (Å²) in [6.07, 6.45) is 8.55. The van der Waals surface area contributed by atoms with Crippen LogP contribution < -0.4 is 0 Å². The van der Waals surface area contributed by atoms with Crippen LogP contribution in [-0.2, 0) is 6.54 Å². The molecular weight excluding hydrogens is 226 g/mol. The molecule has 0 bridgehead atoms. The molecule has 1 saturated heterocycles. The highest BCUT2D eigenvalue weighted by molar-refractivity contribution is 5.24. The average Bonchev–Trinajstić information content (AvgIpc) is 2.87. The van der Waals surface area contributed by atoms with E-state index in [9.17, 15) is 0 Å². The molecule has 18 heavy (non-hydrogen) atoms. The van der Waals surface area contributed by atoms with Gasteiger partial charge in [0.1, 0.15) is 0 Å². The van der Waals surface area contributed by atoms with Crippen molar-refractivity contribution in [2.45, 2.75) is 31.3 Å². The lowest BCUT2D eigenvalue weighted by Gasteiger charge is -2.39. The first-order valence-electron chi connectivity index (χ1n) is 6.64. The maximum Gasteiger partial charge on any atom is 0.0773 e. The topological polar surface area (TPSA) is 49.7 Å². The number of hydrogen-bond acceptors (Lipinski definition) is 3. The van der Waals surface area contributed by atoms with Gasteiger partial charge in [0.05, 0.1) is 12.2 Å². The van der Waals surface area contributed by atoms with Crippen molar-refractivity contribution in [3.05, 3.63) is 35.9 Å². The largest absolute Gasteiger partial charge is 0.295 e. The summed E-state index contributed by atoms with van der Waals surface area (Å²) in [5.41, 5.74) is 2.76. The van der Waals surface area contributed by atoms with Crippen LogP contribution in [0.4, 0.5) is 0 Å². The zero-order valence-corrected chi connectivity index (χ0v) is 10.3. The molecule has 1 N–H and O–H groups in total. The molecule has 0 aromatic carbocycles. The molecule has 5 nitrogen and oxygen atoms in total. The molecule has 1 aliphatic heterocycles. The van der Waals surface area contributed by atoms with Crippen LogP contribution in [0.2, 0.25) is 0 Å². The van der Waals surface area contributed by atoms with Gasteiger partial charge in [-0.1, -0.05) is 0 Å². The Labute approximate surface area is 106 Å². The molecule has 0 radical (unpaired) electrons. The first-order valence-corrected chi connectivity index (χ1v) is 6.64. The van der Waals surface area contributed by atoms with E-state index in [1.54, 1.807) is 0 Å². The Kier molecular flexibility index (Phi) is 2.26. The van der Waals surface area contributed by atoms with Crippen LogP contribution in [0, 0.1) is 0 Å². The Morgan fingerprint density at radius 1 is 1.33 bits per heavy atom. The van der Waals surface area contributed by atoms with Crippen LogP contribution >= 0.6 is 0 Å². The van der Waals surface area contributed by atoms with Gasteiger partial charge in [-0.25, -0.2) is 0 Å². The van der Waals surface area contributed by atoms with Gasteiger partial charge in [-0.3, -0.25) is 14.7 Å². The fourth-order valence-electron chi connectivity index (χ4n) is 2.75. The van der Waals surface area contributed by atoms with E-state index in [0.717, 1.165) is 25.6 Å². The van der Waals surface area contributed by atoms with Crippen molar-refractivity contribution in [3.8, 4) is 0 Å². The highest BCUT2D eigenvalue weighted by Gasteiger charge is 2.32. The van der Waals surface area contributed by atoms with Crippen LogP contribution in [-0.4, -0.2) is 38.0 Å². The number of aromatic amines is 1. The van der Waals surface area contributed by atoms with Crippen LogP contribution in [0.1, 0.15) is 36.1 Å². The fraction of sp³-hybridized carbons (Fsp3) is 0.538. The predicted octanol–water partition coefficient (Wildman–Crippen LogP) is 1.54. The van der Waals surface area contributed by atoms with Crippen molar-refractivity contribution in [1.82, 2.24) is 24.9 Å². The normalized spacial score (nSPS) is 21.1. The summed E-state index contributed by atoms with van der Waals surface area (Å²) in [5, 5.41) is 11.7. The van der Waals surface area contributed by atoms with Crippen molar-refractivity contribution >= 4 is 0 Å². The third-order valence-corrected chi connectivity index (χ3v) is 3.97. The molecule has 4 rings (SSSR count). The van der Waals surface area contributed by atoms with Crippen molar-refractivity contribution in [2.75, 3.05) is 13.1 Å². The van der Waals surface area contributed by atoms with E-state index >= 15 is 0 Å². The third-order valence-electron chi connectivity index (χ3n) is 3.97. The van der Waals surface area contributed by atoms with Crippen molar-refractivity contribution in [3.63, 3.8) is 0 Å². The number of rotatable bonds is 4. The van der Waals surface area contributed by atoms with Gasteiger partial charge in [0.2, 0.25) is 0 Å². The summed E-state index contributed by atoms with van der Waals surface area (Å²) >= 11 is 0. The van der Waals surface area contributed by atoms with Gasteiger partial charge in [0.25, 0.3) is 0 Å². The first-order chi connectivity index (χ1) is 8.90. The minimum absolute atomic E-state index is 0.552. The molecule has 1 saturated carbocycles. The van der Waals surface area contributed by atoms with Gasteiger partial charge in [-0.15, -0.1) is 0 Å². The Morgan fingerprint density at radius 3 is 2.94 bits per heavy atom. The van der Waals surface area contributed by atoms with Crippen LogP contribution in [0.5, 0.6) is 0 Å². The van der Waals surface area contributed by atoms with Gasteiger partial charge in [0.15, 0.2) is 0 Å². The second-order valence-electron chi connectivity index (χ2n) is 5.42. The highest BCUT2D eigenvalue weighted by Crippen LogP contribution is 2.41. The van der Waals surface area contributed by atoms with E-state index in [4.69, 9.17) is 0 Å². The molecule has 0 amide bonds. The molecule has 5 heteroatoms. The quantitative estimate of drug-likeness (QED) is 0.886. The maximum atomic E-state index is 4.30. The van der Waals surface area contributed by atoms with E-state index < -0.39 is 0 Å². The van der Waals surface area contributed by atoms with Gasteiger partial charge >= 0.3 is 0 Å². The Bertz CT molecular complexity index is 519. The molecule has 2 aromatic rings. The number of nitrogens with zero attached hydrogens (tertiary/aromatic N) is 4. The molecule has 0 spiro atoms. The van der Waals surface area contributed by atoms with Gasteiger partial charge in [-0.2, -0.15) is 10.2 Å². The molecule has 0 atom stereocenters. The van der Waals surface area contributed by atoms with E-state index in [-0.39, 0.29) is 0 Å². The van der Waals surface area contributed by atoms with Crippen molar-refractivity contribution in [1.29, 1.82) is 0 Å². The average molecular weight is 243 g/mol. The number of aromatic nitrogens is 4. The first kappa shape index (κ1) is 10.3.